The fraction of sp³-hybridized carbons (Fsp3) is 0.300. The highest BCUT2D eigenvalue weighted by atomic mass is 16.5. The molecule has 2 rings (SSSR count). The number of hydrogen-bond donors (Lipinski definition) is 0. The lowest BCUT2D eigenvalue weighted by Crippen LogP contribution is -1.70. The van der Waals surface area contributed by atoms with Crippen LogP contribution < -0.4 is 0 Å². The molecule has 2 aromatic rings. The first-order valence-electron chi connectivity index (χ1n) is 4.32. The molecule has 3 heteroatoms. The van der Waals surface area contributed by atoms with Crippen LogP contribution in [0.3, 0.4) is 0 Å². The van der Waals surface area contributed by atoms with Crippen LogP contribution in [-0.4, -0.2) is 5.16 Å². The molecule has 3 nitrogen and oxygen atoms in total. The predicted octanol–water partition coefficient (Wildman–Crippen LogP) is 2.81. The maximum atomic E-state index is 5.40. The highest BCUT2D eigenvalue weighted by Crippen LogP contribution is 2.21. The van der Waals surface area contributed by atoms with Crippen LogP contribution in [0.1, 0.15) is 18.4 Å². The third-order valence-corrected chi connectivity index (χ3v) is 1.90. The van der Waals surface area contributed by atoms with Crippen LogP contribution in [0.25, 0.3) is 11.5 Å². The lowest BCUT2D eigenvalue weighted by Gasteiger charge is -1.85. The Labute approximate surface area is 76.3 Å². The molecule has 13 heavy (non-hydrogen) atoms. The lowest BCUT2D eigenvalue weighted by molar-refractivity contribution is 0.387. The van der Waals surface area contributed by atoms with Gasteiger partial charge in [-0.2, -0.15) is 0 Å². The second kappa shape index (κ2) is 3.09. The minimum atomic E-state index is 0.765. The van der Waals surface area contributed by atoms with E-state index in [1.54, 1.807) is 0 Å². The van der Waals surface area contributed by atoms with Crippen molar-refractivity contribution in [2.75, 3.05) is 0 Å². The van der Waals surface area contributed by atoms with Crippen LogP contribution in [-0.2, 0) is 6.42 Å². The van der Waals surface area contributed by atoms with Gasteiger partial charge >= 0.3 is 0 Å². The lowest BCUT2D eigenvalue weighted by atomic mass is 10.3. The van der Waals surface area contributed by atoms with E-state index in [0.717, 1.165) is 29.4 Å². The molecule has 0 aromatic carbocycles. The maximum Gasteiger partial charge on any atom is 0.156 e. The number of aromatic nitrogens is 1. The van der Waals surface area contributed by atoms with Gasteiger partial charge in [0.25, 0.3) is 0 Å². The third-order valence-electron chi connectivity index (χ3n) is 1.90. The molecular formula is C10H11NO2. The van der Waals surface area contributed by atoms with Crippen LogP contribution in [0.15, 0.2) is 27.1 Å². The summed E-state index contributed by atoms with van der Waals surface area (Å²) in [4.78, 5) is 0. The fourth-order valence-electron chi connectivity index (χ4n) is 1.17. The number of rotatable bonds is 2. The van der Waals surface area contributed by atoms with Crippen molar-refractivity contribution in [1.29, 1.82) is 0 Å². The van der Waals surface area contributed by atoms with Gasteiger partial charge in [-0.05, 0) is 19.1 Å². The van der Waals surface area contributed by atoms with Crippen LogP contribution in [0, 0.1) is 6.92 Å². The van der Waals surface area contributed by atoms with Gasteiger partial charge in [0.15, 0.2) is 5.76 Å². The molecule has 0 atom stereocenters. The molecule has 0 spiro atoms. The Bertz CT molecular complexity index is 400. The van der Waals surface area contributed by atoms with E-state index in [4.69, 9.17) is 8.94 Å². The molecule has 0 radical (unpaired) electrons. The molecule has 68 valence electrons. The van der Waals surface area contributed by atoms with Crippen LogP contribution in [0.4, 0.5) is 0 Å². The monoisotopic (exact) mass is 177 g/mol. The van der Waals surface area contributed by atoms with Crippen molar-refractivity contribution < 1.29 is 8.94 Å². The van der Waals surface area contributed by atoms with E-state index in [1.807, 2.05) is 32.0 Å². The van der Waals surface area contributed by atoms with E-state index in [2.05, 4.69) is 5.16 Å². The van der Waals surface area contributed by atoms with Gasteiger partial charge in [0.05, 0.1) is 0 Å². The van der Waals surface area contributed by atoms with Gasteiger partial charge in [-0.15, -0.1) is 0 Å². The largest absolute Gasteiger partial charge is 0.460 e. The molecule has 2 aromatic heterocycles. The number of nitrogens with zero attached hydrogens (tertiary/aromatic N) is 1. The first-order valence-corrected chi connectivity index (χ1v) is 4.32. The molecule has 0 saturated carbocycles. The molecule has 0 aliphatic rings. The molecule has 0 amide bonds. The third kappa shape index (κ3) is 1.49. The molecule has 0 fully saturated rings. The highest BCUT2D eigenvalue weighted by Gasteiger charge is 2.07. The highest BCUT2D eigenvalue weighted by molar-refractivity contribution is 5.51. The summed E-state index contributed by atoms with van der Waals surface area (Å²) in [7, 11) is 0. The molecule has 2 heterocycles. The van der Waals surface area contributed by atoms with Crippen LogP contribution in [0.2, 0.25) is 0 Å². The summed E-state index contributed by atoms with van der Waals surface area (Å²) in [6, 6.07) is 5.71. The summed E-state index contributed by atoms with van der Waals surface area (Å²) in [5.41, 5.74) is 0.768. The Balaban J connectivity index is 2.35. The Morgan fingerprint density at radius 3 is 2.77 bits per heavy atom. The van der Waals surface area contributed by atoms with Crippen molar-refractivity contribution in [3.05, 3.63) is 29.7 Å². The second-order valence-electron chi connectivity index (χ2n) is 2.94. The van der Waals surface area contributed by atoms with Crippen LogP contribution >= 0.6 is 0 Å². The Hall–Kier alpha value is -1.51. The first-order chi connectivity index (χ1) is 6.29. The van der Waals surface area contributed by atoms with Gasteiger partial charge in [0.1, 0.15) is 17.2 Å². The predicted molar refractivity (Wildman–Crippen MR) is 48.3 cm³/mol. The zero-order chi connectivity index (χ0) is 9.26. The van der Waals surface area contributed by atoms with Crippen molar-refractivity contribution in [2.45, 2.75) is 20.3 Å². The Morgan fingerprint density at radius 2 is 2.23 bits per heavy atom. The van der Waals surface area contributed by atoms with Gasteiger partial charge < -0.3 is 8.94 Å². The average molecular weight is 177 g/mol. The van der Waals surface area contributed by atoms with Crippen molar-refractivity contribution in [3.8, 4) is 11.5 Å². The first kappa shape index (κ1) is 8.10. The Morgan fingerprint density at radius 1 is 1.38 bits per heavy atom. The second-order valence-corrected chi connectivity index (χ2v) is 2.94. The molecule has 0 unspecified atom stereocenters. The molecule has 0 bridgehead atoms. The van der Waals surface area contributed by atoms with Gasteiger partial charge in [0.2, 0.25) is 0 Å². The molecule has 0 aliphatic heterocycles. The normalized spacial score (nSPS) is 10.6. The van der Waals surface area contributed by atoms with Gasteiger partial charge in [-0.3, -0.25) is 0 Å². The smallest absolute Gasteiger partial charge is 0.156 e. The van der Waals surface area contributed by atoms with E-state index < -0.39 is 0 Å². The summed E-state index contributed by atoms with van der Waals surface area (Å²) in [5, 5.41) is 3.90. The fourth-order valence-corrected chi connectivity index (χ4v) is 1.17. The summed E-state index contributed by atoms with van der Waals surface area (Å²) in [6.07, 6.45) is 0.854. The molecular weight excluding hydrogens is 166 g/mol. The minimum Gasteiger partial charge on any atom is -0.460 e. The quantitative estimate of drug-likeness (QED) is 0.708. The number of hydrogen-bond acceptors (Lipinski definition) is 3. The summed E-state index contributed by atoms with van der Waals surface area (Å²) in [5.74, 6) is 2.53. The number of aryl methyl sites for hydroxylation is 2. The molecule has 0 saturated heterocycles. The molecule has 0 N–H and O–H groups in total. The SMILES string of the molecule is CCc1cc(-c2ccc(C)o2)no1. The van der Waals surface area contributed by atoms with E-state index in [1.165, 1.54) is 0 Å². The van der Waals surface area contributed by atoms with Gasteiger partial charge in [-0.25, -0.2) is 0 Å². The summed E-state index contributed by atoms with van der Waals surface area (Å²) in [6.45, 7) is 3.93. The zero-order valence-corrected chi connectivity index (χ0v) is 7.70. The van der Waals surface area contributed by atoms with Crippen molar-refractivity contribution >= 4 is 0 Å². The van der Waals surface area contributed by atoms with E-state index in [9.17, 15) is 0 Å². The van der Waals surface area contributed by atoms with Crippen molar-refractivity contribution in [2.24, 2.45) is 0 Å². The Kier molecular flexibility index (Phi) is 1.93. The van der Waals surface area contributed by atoms with Gasteiger partial charge in [0, 0.05) is 12.5 Å². The summed E-state index contributed by atoms with van der Waals surface area (Å²) >= 11 is 0. The standard InChI is InChI=1S/C10H11NO2/c1-3-8-6-9(11-13-8)10-5-4-7(2)12-10/h4-6H,3H2,1-2H3. The van der Waals surface area contributed by atoms with E-state index in [0.29, 0.717) is 0 Å². The summed E-state index contributed by atoms with van der Waals surface area (Å²) < 4.78 is 10.5. The molecule has 0 aliphatic carbocycles. The van der Waals surface area contributed by atoms with Crippen molar-refractivity contribution in [3.63, 3.8) is 0 Å². The minimum absolute atomic E-state index is 0.765. The maximum absolute atomic E-state index is 5.40. The topological polar surface area (TPSA) is 39.2 Å². The average Bonchev–Trinajstić information content (AvgIpc) is 2.71. The van der Waals surface area contributed by atoms with E-state index >= 15 is 0 Å². The van der Waals surface area contributed by atoms with Crippen molar-refractivity contribution in [1.82, 2.24) is 5.16 Å². The van der Waals surface area contributed by atoms with Crippen LogP contribution in [0.5, 0.6) is 0 Å². The van der Waals surface area contributed by atoms with E-state index in [-0.39, 0.29) is 0 Å². The van der Waals surface area contributed by atoms with Gasteiger partial charge in [-0.1, -0.05) is 12.1 Å². The number of furan rings is 1. The zero-order valence-electron chi connectivity index (χ0n) is 7.70.